The van der Waals surface area contributed by atoms with Gasteiger partial charge in [0.15, 0.2) is 12.1 Å². The molecule has 0 radical (unpaired) electrons. The number of carboxylic acid groups (broad SMARTS) is 1. The van der Waals surface area contributed by atoms with Gasteiger partial charge in [0.25, 0.3) is 0 Å². The largest absolute Gasteiger partial charge is 0.477 e. The molecule has 312 valence electrons. The van der Waals surface area contributed by atoms with E-state index in [1.807, 2.05) is 21.1 Å². The monoisotopic (exact) mass is 753 g/mol. The summed E-state index contributed by atoms with van der Waals surface area (Å²) in [6, 6.07) is -0.611. The van der Waals surface area contributed by atoms with Crippen molar-refractivity contribution in [2.24, 2.45) is 0 Å². The van der Waals surface area contributed by atoms with Crippen LogP contribution in [0.25, 0.3) is 0 Å². The molecule has 0 aromatic heterocycles. The number of esters is 2. The van der Waals surface area contributed by atoms with Gasteiger partial charge in [0.2, 0.25) is 0 Å². The van der Waals surface area contributed by atoms with E-state index in [4.69, 9.17) is 14.2 Å². The molecule has 0 rings (SSSR count). The van der Waals surface area contributed by atoms with Crippen LogP contribution in [-0.4, -0.2) is 80.6 Å². The average Bonchev–Trinajstić information content (AvgIpc) is 3.11. The highest BCUT2D eigenvalue weighted by molar-refractivity contribution is 5.72. The van der Waals surface area contributed by atoms with Crippen molar-refractivity contribution in [2.75, 3.05) is 41.0 Å². The Bertz CT molecular complexity index is 885. The van der Waals surface area contributed by atoms with Crippen LogP contribution < -0.4 is 0 Å². The second-order valence-electron chi connectivity index (χ2n) is 16.3. The van der Waals surface area contributed by atoms with Crippen molar-refractivity contribution in [1.82, 2.24) is 0 Å². The van der Waals surface area contributed by atoms with E-state index >= 15 is 0 Å². The third-order valence-corrected chi connectivity index (χ3v) is 10.2. The Morgan fingerprint density at radius 1 is 0.547 bits per heavy atom. The molecule has 0 aromatic carbocycles. The summed E-state index contributed by atoms with van der Waals surface area (Å²) in [7, 11) is 5.52. The van der Waals surface area contributed by atoms with Crippen molar-refractivity contribution < 1.29 is 38.2 Å². The van der Waals surface area contributed by atoms with E-state index in [9.17, 15) is 19.5 Å². The smallest absolute Gasteiger partial charge is 0.362 e. The second kappa shape index (κ2) is 37.0. The average molecular weight is 753 g/mol. The Morgan fingerprint density at radius 3 is 1.42 bits per heavy atom. The van der Waals surface area contributed by atoms with Gasteiger partial charge in [-0.3, -0.25) is 9.59 Å². The highest BCUT2D eigenvalue weighted by Gasteiger charge is 2.31. The SMILES string of the molecule is CCCC/C=C/CCCCCCC(=O)OC(COCCC(C(=O)O)[N+](C)(C)C)COC(=O)CCCCCCCCCCCCCCCCCCCCC. The van der Waals surface area contributed by atoms with E-state index in [2.05, 4.69) is 26.0 Å². The number of unbranched alkanes of at least 4 members (excludes halogenated alkanes) is 24. The number of aliphatic carboxylic acids is 1. The molecule has 0 spiro atoms. The Kier molecular flexibility index (Phi) is 35.7. The number of carboxylic acids is 1. The molecule has 53 heavy (non-hydrogen) atoms. The quantitative estimate of drug-likeness (QED) is 0.0288. The first-order valence-electron chi connectivity index (χ1n) is 22.2. The summed E-state index contributed by atoms with van der Waals surface area (Å²) in [5.74, 6) is -1.47. The lowest BCUT2D eigenvalue weighted by atomic mass is 10.0. The molecule has 0 bridgehead atoms. The van der Waals surface area contributed by atoms with Crippen LogP contribution in [0.2, 0.25) is 0 Å². The molecular weight excluding hydrogens is 666 g/mol. The Balaban J connectivity index is 4.22. The maximum absolute atomic E-state index is 12.6. The minimum atomic E-state index is -0.875. The number of hydrogen-bond donors (Lipinski definition) is 1. The lowest BCUT2D eigenvalue weighted by Gasteiger charge is -2.31. The summed E-state index contributed by atoms with van der Waals surface area (Å²) in [4.78, 5) is 36.9. The number of ether oxygens (including phenoxy) is 3. The first-order chi connectivity index (χ1) is 25.6. The first kappa shape index (κ1) is 51.1. The van der Waals surface area contributed by atoms with Gasteiger partial charge in [0.05, 0.1) is 34.4 Å². The predicted molar refractivity (Wildman–Crippen MR) is 220 cm³/mol. The van der Waals surface area contributed by atoms with Crippen LogP contribution in [0.3, 0.4) is 0 Å². The van der Waals surface area contributed by atoms with Gasteiger partial charge < -0.3 is 23.8 Å². The van der Waals surface area contributed by atoms with Crippen molar-refractivity contribution >= 4 is 17.9 Å². The van der Waals surface area contributed by atoms with Crippen LogP contribution in [0.15, 0.2) is 12.2 Å². The van der Waals surface area contributed by atoms with Gasteiger partial charge in [-0.05, 0) is 32.1 Å². The second-order valence-corrected chi connectivity index (χ2v) is 16.3. The van der Waals surface area contributed by atoms with Gasteiger partial charge in [0.1, 0.15) is 6.61 Å². The Hall–Kier alpha value is -1.93. The van der Waals surface area contributed by atoms with Crippen LogP contribution in [-0.2, 0) is 28.6 Å². The zero-order chi connectivity index (χ0) is 39.3. The third kappa shape index (κ3) is 35.5. The van der Waals surface area contributed by atoms with Crippen LogP contribution in [0, 0.1) is 0 Å². The zero-order valence-corrected chi connectivity index (χ0v) is 35.5. The summed E-state index contributed by atoms with van der Waals surface area (Å²) in [5, 5.41) is 9.60. The number of carbonyl (C=O) groups excluding carboxylic acids is 2. The van der Waals surface area contributed by atoms with Gasteiger partial charge in [0, 0.05) is 19.3 Å². The Labute approximate surface area is 327 Å². The molecule has 0 heterocycles. The molecule has 0 aliphatic carbocycles. The fourth-order valence-corrected chi connectivity index (χ4v) is 6.66. The zero-order valence-electron chi connectivity index (χ0n) is 35.5. The lowest BCUT2D eigenvalue weighted by molar-refractivity contribution is -0.887. The fourth-order valence-electron chi connectivity index (χ4n) is 6.66. The molecule has 2 atom stereocenters. The van der Waals surface area contributed by atoms with Crippen molar-refractivity contribution in [2.45, 2.75) is 219 Å². The number of allylic oxidation sites excluding steroid dienone is 2. The van der Waals surface area contributed by atoms with E-state index in [-0.39, 0.29) is 36.2 Å². The highest BCUT2D eigenvalue weighted by atomic mass is 16.6. The first-order valence-corrected chi connectivity index (χ1v) is 22.2. The van der Waals surface area contributed by atoms with Crippen LogP contribution in [0.5, 0.6) is 0 Å². The van der Waals surface area contributed by atoms with E-state index in [0.717, 1.165) is 57.8 Å². The third-order valence-electron chi connectivity index (χ3n) is 10.2. The molecular formula is C45H86NO7+. The number of hydrogen-bond acceptors (Lipinski definition) is 6. The van der Waals surface area contributed by atoms with E-state index in [1.54, 1.807) is 0 Å². The van der Waals surface area contributed by atoms with Crippen LogP contribution in [0.4, 0.5) is 0 Å². The van der Waals surface area contributed by atoms with Crippen molar-refractivity contribution in [1.29, 1.82) is 0 Å². The number of quaternary nitrogens is 1. The standard InChI is InChI=1S/C45H85NO7/c1-6-8-10-12-14-16-18-19-20-21-22-23-24-25-26-28-29-31-33-35-43(47)52-40-41(39-51-38-37-42(45(49)50)46(3,4)5)53-44(48)36-34-32-30-27-17-15-13-11-9-7-2/h13,15,41-42H,6-12,14,16-40H2,1-5H3/p+1/b15-13+. The summed E-state index contributed by atoms with van der Waals surface area (Å²) in [5.41, 5.74) is 0. The molecule has 8 heteroatoms. The summed E-state index contributed by atoms with van der Waals surface area (Å²) in [6.07, 6.45) is 38.3. The maximum Gasteiger partial charge on any atom is 0.362 e. The van der Waals surface area contributed by atoms with Gasteiger partial charge in [-0.1, -0.05) is 167 Å². The van der Waals surface area contributed by atoms with E-state index < -0.39 is 18.1 Å². The molecule has 0 fully saturated rings. The molecule has 0 aliphatic rings. The molecule has 0 aliphatic heterocycles. The summed E-state index contributed by atoms with van der Waals surface area (Å²) < 4.78 is 17.2. The molecule has 1 N–H and O–H groups in total. The van der Waals surface area contributed by atoms with Gasteiger partial charge in [-0.2, -0.15) is 0 Å². The van der Waals surface area contributed by atoms with Crippen molar-refractivity contribution in [3.05, 3.63) is 12.2 Å². The van der Waals surface area contributed by atoms with Crippen LogP contribution >= 0.6 is 0 Å². The minimum absolute atomic E-state index is 0.0498. The van der Waals surface area contributed by atoms with E-state index in [1.165, 1.54) is 116 Å². The van der Waals surface area contributed by atoms with Gasteiger partial charge in [-0.25, -0.2) is 4.79 Å². The maximum atomic E-state index is 12.6. The molecule has 0 aromatic rings. The Morgan fingerprint density at radius 2 is 0.962 bits per heavy atom. The number of likely N-dealkylation sites (N-methyl/N-ethyl adjacent to an activating group) is 1. The number of carbonyl (C=O) groups is 3. The molecule has 0 saturated heterocycles. The minimum Gasteiger partial charge on any atom is -0.477 e. The lowest BCUT2D eigenvalue weighted by Crippen LogP contribution is -2.50. The van der Waals surface area contributed by atoms with Gasteiger partial charge in [-0.15, -0.1) is 0 Å². The molecule has 0 amide bonds. The molecule has 8 nitrogen and oxygen atoms in total. The highest BCUT2D eigenvalue weighted by Crippen LogP contribution is 2.16. The van der Waals surface area contributed by atoms with Crippen LogP contribution in [0.1, 0.15) is 206 Å². The summed E-state index contributed by atoms with van der Waals surface area (Å²) >= 11 is 0. The normalized spacial score (nSPS) is 13.0. The predicted octanol–water partition coefficient (Wildman–Crippen LogP) is 11.9. The molecule has 2 unspecified atom stereocenters. The summed E-state index contributed by atoms with van der Waals surface area (Å²) in [6.45, 7) is 4.70. The fraction of sp³-hybridized carbons (Fsp3) is 0.889. The topological polar surface area (TPSA) is 99.1 Å². The van der Waals surface area contributed by atoms with E-state index in [0.29, 0.717) is 19.3 Å². The van der Waals surface area contributed by atoms with Crippen molar-refractivity contribution in [3.8, 4) is 0 Å². The van der Waals surface area contributed by atoms with Crippen molar-refractivity contribution in [3.63, 3.8) is 0 Å². The van der Waals surface area contributed by atoms with Gasteiger partial charge >= 0.3 is 17.9 Å². The molecule has 0 saturated carbocycles. The number of nitrogens with zero attached hydrogens (tertiary/aromatic N) is 1. The number of rotatable bonds is 40.